The fourth-order valence-corrected chi connectivity index (χ4v) is 1.82. The van der Waals surface area contributed by atoms with Crippen molar-refractivity contribution >= 4 is 5.69 Å². The molecule has 0 saturated carbocycles. The van der Waals surface area contributed by atoms with E-state index in [0.717, 1.165) is 13.0 Å². The molecule has 1 aliphatic rings. The molecule has 0 aromatic heterocycles. The number of rotatable bonds is 1. The van der Waals surface area contributed by atoms with Crippen LogP contribution in [0.15, 0.2) is 31.0 Å². The SMILES string of the molecule is C=CN1CCc2c(C)cccc21. The molecule has 1 heteroatoms. The second-order valence-corrected chi connectivity index (χ2v) is 3.20. The molecule has 0 aliphatic carbocycles. The van der Waals surface area contributed by atoms with Crippen LogP contribution in [0.1, 0.15) is 11.1 Å². The van der Waals surface area contributed by atoms with Crippen LogP contribution in [0.5, 0.6) is 0 Å². The quantitative estimate of drug-likeness (QED) is 0.608. The third-order valence-electron chi connectivity index (χ3n) is 2.52. The van der Waals surface area contributed by atoms with Crippen LogP contribution in [0.3, 0.4) is 0 Å². The molecular weight excluding hydrogens is 146 g/mol. The molecule has 2 rings (SSSR count). The summed E-state index contributed by atoms with van der Waals surface area (Å²) in [6, 6.07) is 6.44. The summed E-state index contributed by atoms with van der Waals surface area (Å²) in [5, 5.41) is 0. The highest BCUT2D eigenvalue weighted by atomic mass is 15.1. The normalized spacial score (nSPS) is 14.6. The minimum Gasteiger partial charge on any atom is -0.348 e. The highest BCUT2D eigenvalue weighted by Gasteiger charge is 2.17. The average molecular weight is 159 g/mol. The number of nitrogens with zero attached hydrogens (tertiary/aromatic N) is 1. The van der Waals surface area contributed by atoms with Gasteiger partial charge in [-0.25, -0.2) is 0 Å². The van der Waals surface area contributed by atoms with Crippen molar-refractivity contribution in [1.82, 2.24) is 0 Å². The highest BCUT2D eigenvalue weighted by Crippen LogP contribution is 2.29. The van der Waals surface area contributed by atoms with Crippen molar-refractivity contribution in [2.75, 3.05) is 11.4 Å². The van der Waals surface area contributed by atoms with E-state index in [1.54, 1.807) is 0 Å². The van der Waals surface area contributed by atoms with Gasteiger partial charge in [-0.1, -0.05) is 18.7 Å². The Morgan fingerprint density at radius 1 is 1.50 bits per heavy atom. The predicted molar refractivity (Wildman–Crippen MR) is 52.4 cm³/mol. The van der Waals surface area contributed by atoms with Gasteiger partial charge >= 0.3 is 0 Å². The van der Waals surface area contributed by atoms with Crippen LogP contribution >= 0.6 is 0 Å². The van der Waals surface area contributed by atoms with Crippen LogP contribution in [0.2, 0.25) is 0 Å². The van der Waals surface area contributed by atoms with E-state index in [1.165, 1.54) is 16.8 Å². The van der Waals surface area contributed by atoms with Gasteiger partial charge in [0.15, 0.2) is 0 Å². The number of benzene rings is 1. The van der Waals surface area contributed by atoms with E-state index in [0.29, 0.717) is 0 Å². The van der Waals surface area contributed by atoms with Gasteiger partial charge in [0, 0.05) is 12.2 Å². The van der Waals surface area contributed by atoms with Gasteiger partial charge in [-0.05, 0) is 36.7 Å². The van der Waals surface area contributed by atoms with Gasteiger partial charge in [0.25, 0.3) is 0 Å². The van der Waals surface area contributed by atoms with Crippen LogP contribution < -0.4 is 4.90 Å². The zero-order valence-electron chi connectivity index (χ0n) is 7.38. The second kappa shape index (κ2) is 2.67. The molecule has 0 amide bonds. The van der Waals surface area contributed by atoms with Gasteiger partial charge in [-0.2, -0.15) is 0 Å². The average Bonchev–Trinajstić information content (AvgIpc) is 2.49. The zero-order chi connectivity index (χ0) is 8.55. The van der Waals surface area contributed by atoms with Crippen molar-refractivity contribution in [1.29, 1.82) is 0 Å². The number of aryl methyl sites for hydroxylation is 1. The smallest absolute Gasteiger partial charge is 0.0441 e. The summed E-state index contributed by atoms with van der Waals surface area (Å²) in [4.78, 5) is 2.21. The predicted octanol–water partition coefficient (Wildman–Crippen LogP) is 2.50. The molecule has 1 nitrogen and oxygen atoms in total. The zero-order valence-corrected chi connectivity index (χ0v) is 7.38. The summed E-state index contributed by atoms with van der Waals surface area (Å²) in [6.45, 7) is 7.06. The minimum absolute atomic E-state index is 1.09. The summed E-state index contributed by atoms with van der Waals surface area (Å²) >= 11 is 0. The molecule has 0 radical (unpaired) electrons. The standard InChI is InChI=1S/C11H13N/c1-3-12-8-7-10-9(2)5-4-6-11(10)12/h3-6H,1,7-8H2,2H3. The summed E-state index contributed by atoms with van der Waals surface area (Å²) in [5.74, 6) is 0. The number of hydrogen-bond acceptors (Lipinski definition) is 1. The molecule has 1 aliphatic heterocycles. The van der Waals surface area contributed by atoms with Gasteiger partial charge in [-0.15, -0.1) is 0 Å². The van der Waals surface area contributed by atoms with E-state index in [4.69, 9.17) is 0 Å². The largest absolute Gasteiger partial charge is 0.348 e. The molecular formula is C11H13N. The third-order valence-corrected chi connectivity index (χ3v) is 2.52. The molecule has 0 spiro atoms. The lowest BCUT2D eigenvalue weighted by Gasteiger charge is -2.12. The van der Waals surface area contributed by atoms with E-state index in [9.17, 15) is 0 Å². The maximum absolute atomic E-state index is 3.80. The number of fused-ring (bicyclic) bond motifs is 1. The molecule has 0 atom stereocenters. The third kappa shape index (κ3) is 0.934. The summed E-state index contributed by atoms with van der Waals surface area (Å²) < 4.78 is 0. The van der Waals surface area contributed by atoms with Crippen molar-refractivity contribution < 1.29 is 0 Å². The Hall–Kier alpha value is -1.24. The van der Waals surface area contributed by atoms with Crippen LogP contribution in [0.25, 0.3) is 0 Å². The molecule has 1 aromatic rings. The lowest BCUT2D eigenvalue weighted by molar-refractivity contribution is 0.991. The lowest BCUT2D eigenvalue weighted by atomic mass is 10.1. The van der Waals surface area contributed by atoms with E-state index < -0.39 is 0 Å². The summed E-state index contributed by atoms with van der Waals surface area (Å²) in [7, 11) is 0. The molecule has 0 N–H and O–H groups in total. The summed E-state index contributed by atoms with van der Waals surface area (Å²) in [6.07, 6.45) is 3.07. The molecule has 12 heavy (non-hydrogen) atoms. The maximum atomic E-state index is 3.80. The van der Waals surface area contributed by atoms with Gasteiger partial charge in [0.1, 0.15) is 0 Å². The molecule has 1 aromatic carbocycles. The first-order chi connectivity index (χ1) is 5.83. The van der Waals surface area contributed by atoms with E-state index in [-0.39, 0.29) is 0 Å². The molecule has 1 heterocycles. The van der Waals surface area contributed by atoms with Crippen molar-refractivity contribution in [2.24, 2.45) is 0 Å². The Labute approximate surface area is 73.3 Å². The first-order valence-electron chi connectivity index (χ1n) is 4.30. The molecule has 62 valence electrons. The summed E-state index contributed by atoms with van der Waals surface area (Å²) in [5.41, 5.74) is 4.22. The molecule has 0 saturated heterocycles. The fourth-order valence-electron chi connectivity index (χ4n) is 1.82. The second-order valence-electron chi connectivity index (χ2n) is 3.20. The molecule has 0 fully saturated rings. The first kappa shape index (κ1) is 7.41. The fraction of sp³-hybridized carbons (Fsp3) is 0.273. The number of anilines is 1. The van der Waals surface area contributed by atoms with Gasteiger partial charge in [-0.3, -0.25) is 0 Å². The Bertz CT molecular complexity index is 315. The van der Waals surface area contributed by atoms with Crippen LogP contribution in [0.4, 0.5) is 5.69 Å². The van der Waals surface area contributed by atoms with E-state index >= 15 is 0 Å². The molecule has 0 unspecified atom stereocenters. The van der Waals surface area contributed by atoms with Crippen LogP contribution in [0, 0.1) is 6.92 Å². The Morgan fingerprint density at radius 2 is 2.33 bits per heavy atom. The van der Waals surface area contributed by atoms with E-state index in [1.807, 2.05) is 6.20 Å². The van der Waals surface area contributed by atoms with Gasteiger partial charge in [0.05, 0.1) is 0 Å². The Kier molecular flexibility index (Phi) is 1.65. The maximum Gasteiger partial charge on any atom is 0.0441 e. The Balaban J connectivity index is 2.52. The van der Waals surface area contributed by atoms with Gasteiger partial charge in [0.2, 0.25) is 0 Å². The number of hydrogen-bond donors (Lipinski definition) is 0. The topological polar surface area (TPSA) is 3.24 Å². The van der Waals surface area contributed by atoms with Crippen molar-refractivity contribution in [3.8, 4) is 0 Å². The van der Waals surface area contributed by atoms with Crippen molar-refractivity contribution in [3.63, 3.8) is 0 Å². The van der Waals surface area contributed by atoms with Crippen molar-refractivity contribution in [2.45, 2.75) is 13.3 Å². The minimum atomic E-state index is 1.09. The van der Waals surface area contributed by atoms with Crippen molar-refractivity contribution in [3.05, 3.63) is 42.1 Å². The van der Waals surface area contributed by atoms with Gasteiger partial charge < -0.3 is 4.90 Å². The molecule has 0 bridgehead atoms. The van der Waals surface area contributed by atoms with Crippen LogP contribution in [-0.4, -0.2) is 6.54 Å². The van der Waals surface area contributed by atoms with Crippen LogP contribution in [-0.2, 0) is 6.42 Å². The monoisotopic (exact) mass is 159 g/mol. The first-order valence-corrected chi connectivity index (χ1v) is 4.30. The Morgan fingerprint density at radius 3 is 3.08 bits per heavy atom. The van der Waals surface area contributed by atoms with E-state index in [2.05, 4.69) is 36.6 Å². The lowest BCUT2D eigenvalue weighted by Crippen LogP contribution is -2.10. The highest BCUT2D eigenvalue weighted by molar-refractivity contribution is 5.62.